The predicted molar refractivity (Wildman–Crippen MR) is 88.3 cm³/mol. The molecule has 0 heterocycles. The minimum Gasteiger partial charge on any atom is -0.214 e. The molecule has 3 aromatic rings. The summed E-state index contributed by atoms with van der Waals surface area (Å²) in [6.45, 7) is 0. The molecule has 3 aromatic carbocycles. The molecule has 0 radical (unpaired) electrons. The molecule has 3 heteroatoms. The minimum absolute atomic E-state index is 0.826. The molecule has 104 valence electrons. The van der Waals surface area contributed by atoms with Gasteiger partial charge in [-0.25, -0.2) is 12.1 Å². The third-order valence-corrected chi connectivity index (χ3v) is 3.14. The molecule has 0 unspecified atom stereocenters. The maximum absolute atomic E-state index is 4.93. The van der Waals surface area contributed by atoms with Gasteiger partial charge in [0.1, 0.15) is 0 Å². The Morgan fingerprint density at radius 3 is 2.33 bits per heavy atom. The van der Waals surface area contributed by atoms with Crippen LogP contribution in [0, 0.1) is 6.08 Å². The van der Waals surface area contributed by atoms with E-state index < -0.39 is 20.8 Å². The molecule has 0 N–H and O–H groups in total. The fourth-order valence-electron chi connectivity index (χ4n) is 2.24. The van der Waals surface area contributed by atoms with Crippen molar-refractivity contribution in [2.45, 2.75) is 6.42 Å². The van der Waals surface area contributed by atoms with Gasteiger partial charge >= 0.3 is 37.9 Å². The monoisotopic (exact) mass is 390 g/mol. The van der Waals surface area contributed by atoms with E-state index in [2.05, 4.69) is 48.6 Å². The molecule has 0 spiro atoms. The Morgan fingerprint density at radius 1 is 0.952 bits per heavy atom. The first-order valence-corrected chi connectivity index (χ1v) is 12.9. The summed E-state index contributed by atoms with van der Waals surface area (Å²) in [5, 5.41) is 2.64. The van der Waals surface area contributed by atoms with E-state index in [-0.39, 0.29) is 0 Å². The van der Waals surface area contributed by atoms with Gasteiger partial charge in [0.25, 0.3) is 0 Å². The van der Waals surface area contributed by atoms with Crippen LogP contribution in [-0.4, -0.2) is 0 Å². The molecule has 0 aliphatic heterocycles. The van der Waals surface area contributed by atoms with E-state index >= 15 is 0 Å². The molecule has 0 saturated carbocycles. The molecule has 0 aromatic heterocycles. The third kappa shape index (κ3) is 4.88. The zero-order valence-corrected chi connectivity index (χ0v) is 15.4. The summed E-state index contributed by atoms with van der Waals surface area (Å²) < 4.78 is 0. The van der Waals surface area contributed by atoms with E-state index in [0.717, 1.165) is 6.42 Å². The van der Waals surface area contributed by atoms with Crippen molar-refractivity contribution in [1.82, 2.24) is 0 Å². The zero-order chi connectivity index (χ0) is 14.9. The quantitative estimate of drug-likeness (QED) is 0.419. The molecular weight excluding hydrogens is 378 g/mol. The maximum atomic E-state index is 4.93. The molecule has 1 aliphatic rings. The van der Waals surface area contributed by atoms with E-state index in [1.807, 2.05) is 30.3 Å². The number of halogens is 2. The van der Waals surface area contributed by atoms with Crippen LogP contribution < -0.4 is 0 Å². The van der Waals surface area contributed by atoms with Gasteiger partial charge in [-0.05, 0) is 0 Å². The van der Waals surface area contributed by atoms with Gasteiger partial charge in [-0.2, -0.15) is 35.9 Å². The summed E-state index contributed by atoms with van der Waals surface area (Å²) in [7, 11) is 9.87. The van der Waals surface area contributed by atoms with Crippen molar-refractivity contribution in [3.05, 3.63) is 90.0 Å². The van der Waals surface area contributed by atoms with Crippen molar-refractivity contribution in [1.29, 1.82) is 0 Å². The van der Waals surface area contributed by atoms with E-state index in [1.165, 1.54) is 21.9 Å². The standard InChI is InChI=1S/C13H9.C5H5.2ClH.Zr/c1-2-6-12-10(4-1)8-9-11-5-3-7-13(11)12;1-2-4-5-3-1;;;/h1-4,6,8-9H,5H2;1-5H;2*1H;/q2*-1;;;+4/p-2. The van der Waals surface area contributed by atoms with Gasteiger partial charge in [0.15, 0.2) is 0 Å². The topological polar surface area (TPSA) is 0 Å². The van der Waals surface area contributed by atoms with Gasteiger partial charge in [-0.1, -0.05) is 36.1 Å². The number of benzene rings is 2. The first-order chi connectivity index (χ1) is 10.4. The van der Waals surface area contributed by atoms with Crippen molar-refractivity contribution in [3.63, 3.8) is 0 Å². The Kier molecular flexibility index (Phi) is 7.37. The zero-order valence-electron chi connectivity index (χ0n) is 11.4. The Balaban J connectivity index is 0.000000169. The van der Waals surface area contributed by atoms with Crippen molar-refractivity contribution in [2.75, 3.05) is 0 Å². The number of hydrogen-bond donors (Lipinski definition) is 0. The number of hydrogen-bond acceptors (Lipinski definition) is 0. The molecule has 1 aliphatic carbocycles. The predicted octanol–water partition coefficient (Wildman–Crippen LogP) is 5.89. The summed E-state index contributed by atoms with van der Waals surface area (Å²) >= 11 is -0.826. The van der Waals surface area contributed by atoms with Gasteiger partial charge in [-0.15, -0.1) is 23.1 Å². The molecule has 0 nitrogen and oxygen atoms in total. The molecule has 21 heavy (non-hydrogen) atoms. The van der Waals surface area contributed by atoms with Gasteiger partial charge in [-0.3, -0.25) is 0 Å². The summed E-state index contributed by atoms with van der Waals surface area (Å²) in [5.41, 5.74) is 2.69. The summed E-state index contributed by atoms with van der Waals surface area (Å²) in [4.78, 5) is 0. The average Bonchev–Trinajstić information content (AvgIpc) is 3.22. The van der Waals surface area contributed by atoms with Crippen molar-refractivity contribution in [3.8, 4) is 0 Å². The molecule has 0 amide bonds. The fraction of sp³-hybridized carbons (Fsp3) is 0.0556. The van der Waals surface area contributed by atoms with E-state index in [1.54, 1.807) is 0 Å². The Hall–Kier alpha value is -0.747. The van der Waals surface area contributed by atoms with Crippen molar-refractivity contribution >= 4 is 27.8 Å². The van der Waals surface area contributed by atoms with E-state index in [0.29, 0.717) is 0 Å². The largest absolute Gasteiger partial charge is 0.214 e. The molecule has 4 rings (SSSR count). The average molecular weight is 392 g/mol. The van der Waals surface area contributed by atoms with E-state index in [4.69, 9.17) is 17.0 Å². The van der Waals surface area contributed by atoms with Crippen molar-refractivity contribution in [2.24, 2.45) is 0 Å². The first kappa shape index (κ1) is 16.6. The van der Waals surface area contributed by atoms with Gasteiger partial charge < -0.3 is 0 Å². The van der Waals surface area contributed by atoms with Crippen LogP contribution >= 0.6 is 17.0 Å². The minimum atomic E-state index is -0.826. The molecule has 0 saturated heterocycles. The molecular formula is C18H14Cl2Zr. The molecule has 0 atom stereocenters. The SMILES string of the molecule is [C-]1=CCc2ccc3ccccc3c21.[Cl][Zr+2][Cl].c1cc[cH-]c1. The second kappa shape index (κ2) is 9.31. The molecule has 0 bridgehead atoms. The maximum Gasteiger partial charge on any atom is -0.172 e. The number of fused-ring (bicyclic) bond motifs is 3. The number of allylic oxidation sites excluding steroid dienone is 1. The summed E-state index contributed by atoms with van der Waals surface area (Å²) in [5.74, 6) is 0. The van der Waals surface area contributed by atoms with Gasteiger partial charge in [0, 0.05) is 0 Å². The van der Waals surface area contributed by atoms with Crippen LogP contribution in [0.5, 0.6) is 0 Å². The van der Waals surface area contributed by atoms with Crippen LogP contribution in [0.25, 0.3) is 10.8 Å². The van der Waals surface area contributed by atoms with Crippen LogP contribution in [0.2, 0.25) is 0 Å². The summed E-state index contributed by atoms with van der Waals surface area (Å²) in [6, 6.07) is 22.9. The summed E-state index contributed by atoms with van der Waals surface area (Å²) in [6.07, 6.45) is 6.47. The second-order valence-corrected chi connectivity index (χ2v) is 8.14. The fourth-order valence-corrected chi connectivity index (χ4v) is 2.24. The van der Waals surface area contributed by atoms with Crippen LogP contribution in [-0.2, 0) is 27.3 Å². The van der Waals surface area contributed by atoms with E-state index in [9.17, 15) is 0 Å². The van der Waals surface area contributed by atoms with Crippen LogP contribution in [0.3, 0.4) is 0 Å². The van der Waals surface area contributed by atoms with Crippen molar-refractivity contribution < 1.29 is 20.8 Å². The van der Waals surface area contributed by atoms with Gasteiger partial charge in [0.05, 0.1) is 0 Å². The third-order valence-electron chi connectivity index (χ3n) is 3.14. The van der Waals surface area contributed by atoms with Gasteiger partial charge in [0.2, 0.25) is 0 Å². The second-order valence-electron chi connectivity index (χ2n) is 4.41. The Morgan fingerprint density at radius 2 is 1.67 bits per heavy atom. The number of rotatable bonds is 0. The Bertz CT molecular complexity index is 670. The molecule has 0 fully saturated rings. The van der Waals surface area contributed by atoms with Crippen LogP contribution in [0.4, 0.5) is 0 Å². The normalized spacial score (nSPS) is 10.8. The van der Waals surface area contributed by atoms with Crippen LogP contribution in [0.1, 0.15) is 11.1 Å². The smallest absolute Gasteiger partial charge is 0.172 e. The first-order valence-electron chi connectivity index (χ1n) is 6.58. The Labute approximate surface area is 144 Å². The van der Waals surface area contributed by atoms with Crippen LogP contribution in [0.15, 0.2) is 72.8 Å².